The van der Waals surface area contributed by atoms with Crippen molar-refractivity contribution in [2.75, 3.05) is 14.1 Å². The predicted molar refractivity (Wildman–Crippen MR) is 92.6 cm³/mol. The smallest absolute Gasteiger partial charge is 0.251 e. The number of halogens is 1. The Balaban J connectivity index is 1.90. The van der Waals surface area contributed by atoms with E-state index in [1.165, 1.54) is 55.3 Å². The van der Waals surface area contributed by atoms with Crippen LogP contribution in [0.2, 0.25) is 0 Å². The van der Waals surface area contributed by atoms with Gasteiger partial charge in [0.25, 0.3) is 5.56 Å². The lowest BCUT2D eigenvalue weighted by Gasteiger charge is -2.12. The summed E-state index contributed by atoms with van der Waals surface area (Å²) in [7, 11) is -0.842. The second-order valence-corrected chi connectivity index (χ2v) is 7.90. The summed E-state index contributed by atoms with van der Waals surface area (Å²) in [6.45, 7) is -0.0309. The van der Waals surface area contributed by atoms with E-state index in [4.69, 9.17) is 4.42 Å². The van der Waals surface area contributed by atoms with Gasteiger partial charge in [0.2, 0.25) is 15.9 Å². The number of hydrogen-bond acceptors (Lipinski definition) is 5. The van der Waals surface area contributed by atoms with Crippen molar-refractivity contribution >= 4 is 10.0 Å². The Morgan fingerprint density at radius 3 is 2.50 bits per heavy atom. The highest BCUT2D eigenvalue weighted by Gasteiger charge is 2.18. The molecule has 0 spiro atoms. The van der Waals surface area contributed by atoms with E-state index in [0.29, 0.717) is 11.3 Å². The van der Waals surface area contributed by atoms with Gasteiger partial charge in [-0.15, -0.1) is 0 Å². The van der Waals surface area contributed by atoms with Crippen LogP contribution in [0.25, 0.3) is 11.3 Å². The summed E-state index contributed by atoms with van der Waals surface area (Å²) in [6.07, 6.45) is 2.72. The zero-order valence-corrected chi connectivity index (χ0v) is 14.9. The number of pyridine rings is 1. The molecule has 136 valence electrons. The van der Waals surface area contributed by atoms with Crippen LogP contribution < -0.4 is 5.56 Å². The Bertz CT molecular complexity index is 1090. The Kier molecular flexibility index (Phi) is 4.75. The van der Waals surface area contributed by atoms with Crippen LogP contribution in [0.4, 0.5) is 4.39 Å². The number of rotatable bonds is 5. The first-order valence-electron chi connectivity index (χ1n) is 7.61. The highest BCUT2D eigenvalue weighted by molar-refractivity contribution is 7.89. The van der Waals surface area contributed by atoms with Crippen LogP contribution in [-0.4, -0.2) is 36.4 Å². The van der Waals surface area contributed by atoms with Crippen molar-refractivity contribution in [1.29, 1.82) is 0 Å². The summed E-state index contributed by atoms with van der Waals surface area (Å²) in [5, 5.41) is 0. The van der Waals surface area contributed by atoms with Gasteiger partial charge in [-0.1, -0.05) is 0 Å². The van der Waals surface area contributed by atoms with Gasteiger partial charge in [-0.3, -0.25) is 4.79 Å². The number of hydrogen-bond donors (Lipinski definition) is 0. The maximum atomic E-state index is 13.0. The second kappa shape index (κ2) is 6.85. The number of nitrogens with zero attached hydrogens (tertiary/aromatic N) is 3. The van der Waals surface area contributed by atoms with Gasteiger partial charge >= 0.3 is 0 Å². The summed E-state index contributed by atoms with van der Waals surface area (Å²) in [5.41, 5.74) is 0.255. The molecule has 0 aliphatic carbocycles. The van der Waals surface area contributed by atoms with Crippen LogP contribution in [0, 0.1) is 5.82 Å². The van der Waals surface area contributed by atoms with Gasteiger partial charge in [0, 0.05) is 31.9 Å². The zero-order chi connectivity index (χ0) is 18.9. The van der Waals surface area contributed by atoms with Crippen LogP contribution in [0.5, 0.6) is 0 Å². The van der Waals surface area contributed by atoms with E-state index in [1.807, 2.05) is 0 Å². The molecule has 0 aliphatic rings. The summed E-state index contributed by atoms with van der Waals surface area (Å²) in [5.74, 6) is 0.287. The van der Waals surface area contributed by atoms with Crippen molar-refractivity contribution in [2.24, 2.45) is 0 Å². The van der Waals surface area contributed by atoms with Gasteiger partial charge in [0.05, 0.1) is 11.1 Å². The van der Waals surface area contributed by atoms with E-state index in [0.717, 1.165) is 4.31 Å². The van der Waals surface area contributed by atoms with Gasteiger partial charge in [-0.25, -0.2) is 22.1 Å². The van der Waals surface area contributed by atoms with E-state index in [9.17, 15) is 17.6 Å². The lowest BCUT2D eigenvalue weighted by molar-refractivity contribution is 0.481. The van der Waals surface area contributed by atoms with Crippen LogP contribution >= 0.6 is 0 Å². The summed E-state index contributed by atoms with van der Waals surface area (Å²) in [6, 6.07) is 8.15. The highest BCUT2D eigenvalue weighted by atomic mass is 32.2. The molecule has 26 heavy (non-hydrogen) atoms. The molecule has 0 saturated heterocycles. The van der Waals surface area contributed by atoms with E-state index in [-0.39, 0.29) is 28.7 Å². The molecular weight excluding hydrogens is 361 g/mol. The largest absolute Gasteiger partial charge is 0.439 e. The Morgan fingerprint density at radius 2 is 1.85 bits per heavy atom. The number of benzene rings is 1. The Hall–Kier alpha value is -2.78. The van der Waals surface area contributed by atoms with E-state index >= 15 is 0 Å². The zero-order valence-electron chi connectivity index (χ0n) is 14.1. The molecule has 0 N–H and O–H groups in total. The minimum absolute atomic E-state index is 0.00702. The minimum atomic E-state index is -3.66. The normalized spacial score (nSPS) is 11.8. The highest BCUT2D eigenvalue weighted by Crippen LogP contribution is 2.21. The molecule has 0 saturated carbocycles. The number of aromatic nitrogens is 2. The first-order chi connectivity index (χ1) is 12.3. The maximum Gasteiger partial charge on any atom is 0.251 e. The molecule has 0 aliphatic heterocycles. The fraction of sp³-hybridized carbons (Fsp3) is 0.176. The van der Waals surface area contributed by atoms with Crippen LogP contribution in [0.15, 0.2) is 62.9 Å². The van der Waals surface area contributed by atoms with Crippen LogP contribution in [0.3, 0.4) is 0 Å². The third-order valence-electron chi connectivity index (χ3n) is 3.72. The van der Waals surface area contributed by atoms with Crippen molar-refractivity contribution in [3.63, 3.8) is 0 Å². The van der Waals surface area contributed by atoms with E-state index < -0.39 is 10.0 Å². The lowest BCUT2D eigenvalue weighted by atomic mass is 10.2. The molecule has 3 aromatic rings. The summed E-state index contributed by atoms with van der Waals surface area (Å²) >= 11 is 0. The maximum absolute atomic E-state index is 13.0. The first kappa shape index (κ1) is 18.0. The van der Waals surface area contributed by atoms with Gasteiger partial charge in [0.15, 0.2) is 5.76 Å². The molecule has 7 nitrogen and oxygen atoms in total. The molecule has 3 rings (SSSR count). The number of sulfonamides is 1. The molecule has 0 atom stereocenters. The first-order valence-corrected chi connectivity index (χ1v) is 9.05. The van der Waals surface area contributed by atoms with Crippen molar-refractivity contribution in [3.8, 4) is 11.3 Å². The molecule has 0 unspecified atom stereocenters. The Labute approximate surface area is 149 Å². The minimum Gasteiger partial charge on any atom is -0.439 e. The molecule has 0 fully saturated rings. The topological polar surface area (TPSA) is 85.4 Å². The third kappa shape index (κ3) is 3.58. The van der Waals surface area contributed by atoms with Gasteiger partial charge in [-0.05, 0) is 30.3 Å². The van der Waals surface area contributed by atoms with Crippen molar-refractivity contribution in [2.45, 2.75) is 11.4 Å². The van der Waals surface area contributed by atoms with Crippen molar-refractivity contribution < 1.29 is 17.2 Å². The number of oxazole rings is 1. The second-order valence-electron chi connectivity index (χ2n) is 5.74. The SMILES string of the molecule is CN(C)S(=O)(=O)c1ccc(=O)n(Cc2ncc(-c3ccc(F)cc3)o2)c1. The van der Waals surface area contributed by atoms with Crippen LogP contribution in [-0.2, 0) is 16.6 Å². The molecule has 9 heteroatoms. The third-order valence-corrected chi connectivity index (χ3v) is 5.52. The molecular formula is C17H16FN3O4S. The van der Waals surface area contributed by atoms with Crippen LogP contribution in [0.1, 0.15) is 5.89 Å². The quantitative estimate of drug-likeness (QED) is 0.678. The van der Waals surface area contributed by atoms with E-state index in [2.05, 4.69) is 4.98 Å². The summed E-state index contributed by atoms with van der Waals surface area (Å²) < 4.78 is 45.3. The lowest BCUT2D eigenvalue weighted by Crippen LogP contribution is -2.26. The standard InChI is InChI=1S/C17H16FN3O4S/c1-20(2)26(23,24)14-7-8-17(22)21(10-14)11-16-19-9-15(25-16)12-3-5-13(18)6-4-12/h3-10H,11H2,1-2H3. The van der Waals surface area contributed by atoms with Crippen molar-refractivity contribution in [1.82, 2.24) is 13.9 Å². The molecule has 0 radical (unpaired) electrons. The summed E-state index contributed by atoms with van der Waals surface area (Å²) in [4.78, 5) is 16.1. The van der Waals surface area contributed by atoms with Crippen molar-refractivity contribution in [3.05, 3.63) is 70.9 Å². The molecule has 0 bridgehead atoms. The molecule has 2 aromatic heterocycles. The molecule has 1 aromatic carbocycles. The molecule has 2 heterocycles. The monoisotopic (exact) mass is 377 g/mol. The fourth-order valence-corrected chi connectivity index (χ4v) is 3.20. The van der Waals surface area contributed by atoms with E-state index in [1.54, 1.807) is 12.1 Å². The molecule has 0 amide bonds. The van der Waals surface area contributed by atoms with Gasteiger partial charge in [0.1, 0.15) is 12.4 Å². The average Bonchev–Trinajstić information content (AvgIpc) is 3.05. The van der Waals surface area contributed by atoms with Gasteiger partial charge in [-0.2, -0.15) is 0 Å². The predicted octanol–water partition coefficient (Wildman–Crippen LogP) is 1.94. The average molecular weight is 377 g/mol. The van der Waals surface area contributed by atoms with Gasteiger partial charge < -0.3 is 8.98 Å². The fourth-order valence-electron chi connectivity index (χ4n) is 2.27. The Morgan fingerprint density at radius 1 is 1.15 bits per heavy atom.